The van der Waals surface area contributed by atoms with E-state index in [0.717, 1.165) is 6.54 Å². The summed E-state index contributed by atoms with van der Waals surface area (Å²) in [6, 6.07) is 11.4. The molecule has 2 heteroatoms. The summed E-state index contributed by atoms with van der Waals surface area (Å²) in [6.45, 7) is 7.91. The second-order valence-electron chi connectivity index (χ2n) is 6.19. The van der Waals surface area contributed by atoms with Crippen LogP contribution in [0.25, 0.3) is 0 Å². The molecule has 1 N–H and O–H groups in total. The van der Waals surface area contributed by atoms with E-state index in [1.807, 2.05) is 0 Å². The SMILES string of the molecule is CCNC(CCCc1ccccc1)C(CC)(CC)N(C)C. The summed E-state index contributed by atoms with van der Waals surface area (Å²) in [7, 11) is 4.46. The van der Waals surface area contributed by atoms with Crippen molar-refractivity contribution in [3.05, 3.63) is 35.9 Å². The minimum absolute atomic E-state index is 0.271. The highest BCUT2D eigenvalue weighted by Gasteiger charge is 2.36. The van der Waals surface area contributed by atoms with Crippen molar-refractivity contribution in [1.29, 1.82) is 0 Å². The van der Waals surface area contributed by atoms with Gasteiger partial charge in [0.1, 0.15) is 0 Å². The molecule has 0 aliphatic heterocycles. The number of rotatable bonds is 10. The van der Waals surface area contributed by atoms with E-state index in [1.165, 1.54) is 37.7 Å². The van der Waals surface area contributed by atoms with E-state index in [4.69, 9.17) is 0 Å². The van der Waals surface area contributed by atoms with E-state index in [9.17, 15) is 0 Å². The Morgan fingerprint density at radius 1 is 1.05 bits per heavy atom. The molecule has 0 aromatic heterocycles. The van der Waals surface area contributed by atoms with Crippen LogP contribution in [-0.4, -0.2) is 37.1 Å². The molecule has 1 aromatic rings. The van der Waals surface area contributed by atoms with Gasteiger partial charge in [0.05, 0.1) is 0 Å². The van der Waals surface area contributed by atoms with Crippen molar-refractivity contribution >= 4 is 0 Å². The number of aryl methyl sites for hydroxylation is 1. The van der Waals surface area contributed by atoms with E-state index in [1.54, 1.807) is 0 Å². The first-order valence-corrected chi connectivity index (χ1v) is 8.55. The molecule has 21 heavy (non-hydrogen) atoms. The van der Waals surface area contributed by atoms with Crippen LogP contribution in [0.3, 0.4) is 0 Å². The van der Waals surface area contributed by atoms with Gasteiger partial charge in [-0.15, -0.1) is 0 Å². The average molecular weight is 290 g/mol. The van der Waals surface area contributed by atoms with Gasteiger partial charge in [-0.3, -0.25) is 0 Å². The zero-order valence-electron chi connectivity index (χ0n) is 14.7. The van der Waals surface area contributed by atoms with Crippen molar-refractivity contribution in [1.82, 2.24) is 10.2 Å². The third-order valence-corrected chi connectivity index (χ3v) is 5.02. The molecule has 1 unspecified atom stereocenters. The summed E-state index contributed by atoms with van der Waals surface area (Å²) in [5.41, 5.74) is 1.73. The topological polar surface area (TPSA) is 15.3 Å². The Kier molecular flexibility index (Phi) is 7.98. The normalized spacial score (nSPS) is 13.6. The zero-order valence-corrected chi connectivity index (χ0v) is 14.7. The molecule has 120 valence electrons. The van der Waals surface area contributed by atoms with Gasteiger partial charge in [-0.2, -0.15) is 0 Å². The minimum atomic E-state index is 0.271. The largest absolute Gasteiger partial charge is 0.312 e. The van der Waals surface area contributed by atoms with Crippen LogP contribution in [0.2, 0.25) is 0 Å². The molecular formula is C19H34N2. The van der Waals surface area contributed by atoms with Gasteiger partial charge in [0, 0.05) is 11.6 Å². The Morgan fingerprint density at radius 3 is 2.14 bits per heavy atom. The van der Waals surface area contributed by atoms with Crippen LogP contribution in [0.4, 0.5) is 0 Å². The van der Waals surface area contributed by atoms with Crippen molar-refractivity contribution in [3.8, 4) is 0 Å². The maximum absolute atomic E-state index is 3.75. The summed E-state index contributed by atoms with van der Waals surface area (Å²) >= 11 is 0. The van der Waals surface area contributed by atoms with E-state index >= 15 is 0 Å². The Hall–Kier alpha value is -0.860. The smallest absolute Gasteiger partial charge is 0.0351 e. The monoisotopic (exact) mass is 290 g/mol. The molecule has 1 rings (SSSR count). The van der Waals surface area contributed by atoms with Crippen LogP contribution in [0.15, 0.2) is 30.3 Å². The molecule has 0 saturated carbocycles. The van der Waals surface area contributed by atoms with Gasteiger partial charge >= 0.3 is 0 Å². The first-order valence-electron chi connectivity index (χ1n) is 8.55. The molecule has 0 aliphatic carbocycles. The van der Waals surface area contributed by atoms with Gasteiger partial charge in [0.15, 0.2) is 0 Å². The van der Waals surface area contributed by atoms with Gasteiger partial charge in [0.25, 0.3) is 0 Å². The zero-order chi connectivity index (χ0) is 15.7. The third kappa shape index (κ3) is 4.82. The molecule has 2 nitrogen and oxygen atoms in total. The number of hydrogen-bond donors (Lipinski definition) is 1. The van der Waals surface area contributed by atoms with E-state index < -0.39 is 0 Å². The van der Waals surface area contributed by atoms with Gasteiger partial charge in [0.2, 0.25) is 0 Å². The first kappa shape index (κ1) is 18.2. The van der Waals surface area contributed by atoms with Gasteiger partial charge in [-0.05, 0) is 58.3 Å². The summed E-state index contributed by atoms with van der Waals surface area (Å²) in [5.74, 6) is 0. The molecule has 0 amide bonds. The maximum atomic E-state index is 3.75. The van der Waals surface area contributed by atoms with Crippen molar-refractivity contribution in [2.24, 2.45) is 0 Å². The van der Waals surface area contributed by atoms with Crippen LogP contribution in [-0.2, 0) is 6.42 Å². The highest BCUT2D eigenvalue weighted by molar-refractivity contribution is 5.14. The quantitative estimate of drug-likeness (QED) is 0.697. The minimum Gasteiger partial charge on any atom is -0.312 e. The fraction of sp³-hybridized carbons (Fsp3) is 0.684. The number of hydrogen-bond acceptors (Lipinski definition) is 2. The van der Waals surface area contributed by atoms with Crippen molar-refractivity contribution in [2.75, 3.05) is 20.6 Å². The summed E-state index contributed by atoms with van der Waals surface area (Å²) in [4.78, 5) is 2.43. The van der Waals surface area contributed by atoms with Crippen LogP contribution in [0.5, 0.6) is 0 Å². The molecule has 0 bridgehead atoms. The summed E-state index contributed by atoms with van der Waals surface area (Å²) in [6.07, 6.45) is 6.05. The average Bonchev–Trinajstić information content (AvgIpc) is 2.50. The highest BCUT2D eigenvalue weighted by Crippen LogP contribution is 2.28. The summed E-state index contributed by atoms with van der Waals surface area (Å²) < 4.78 is 0. The fourth-order valence-corrected chi connectivity index (χ4v) is 3.65. The molecule has 1 atom stereocenters. The molecule has 0 saturated heterocycles. The molecule has 1 aromatic carbocycles. The van der Waals surface area contributed by atoms with Crippen LogP contribution >= 0.6 is 0 Å². The number of nitrogens with zero attached hydrogens (tertiary/aromatic N) is 1. The number of likely N-dealkylation sites (N-methyl/N-ethyl adjacent to an activating group) is 2. The molecule has 0 fully saturated rings. The Morgan fingerprint density at radius 2 is 1.67 bits per heavy atom. The number of benzene rings is 1. The molecule has 0 spiro atoms. The predicted octanol–water partition coefficient (Wildman–Crippen LogP) is 4.11. The van der Waals surface area contributed by atoms with Crippen LogP contribution < -0.4 is 5.32 Å². The van der Waals surface area contributed by atoms with Crippen LogP contribution in [0, 0.1) is 0 Å². The van der Waals surface area contributed by atoms with Gasteiger partial charge < -0.3 is 10.2 Å². The van der Waals surface area contributed by atoms with Crippen molar-refractivity contribution in [2.45, 2.75) is 64.5 Å². The van der Waals surface area contributed by atoms with Gasteiger partial charge in [-0.25, -0.2) is 0 Å². The maximum Gasteiger partial charge on any atom is 0.0351 e. The molecule has 0 radical (unpaired) electrons. The highest BCUT2D eigenvalue weighted by atomic mass is 15.2. The molecular weight excluding hydrogens is 256 g/mol. The van der Waals surface area contributed by atoms with Crippen molar-refractivity contribution in [3.63, 3.8) is 0 Å². The Balaban J connectivity index is 2.67. The lowest BCUT2D eigenvalue weighted by Gasteiger charge is -2.45. The second kappa shape index (κ2) is 9.22. The number of nitrogens with one attached hydrogen (secondary N) is 1. The Bertz CT molecular complexity index is 368. The Labute approximate surface area is 131 Å². The van der Waals surface area contributed by atoms with Gasteiger partial charge in [-0.1, -0.05) is 51.1 Å². The molecule has 0 aliphatic rings. The van der Waals surface area contributed by atoms with E-state index in [2.05, 4.69) is 75.4 Å². The van der Waals surface area contributed by atoms with Crippen molar-refractivity contribution < 1.29 is 0 Å². The predicted molar refractivity (Wildman–Crippen MR) is 93.8 cm³/mol. The fourth-order valence-electron chi connectivity index (χ4n) is 3.65. The van der Waals surface area contributed by atoms with Crippen LogP contribution in [0.1, 0.15) is 52.0 Å². The van der Waals surface area contributed by atoms with E-state index in [-0.39, 0.29) is 5.54 Å². The lowest BCUT2D eigenvalue weighted by molar-refractivity contribution is 0.0839. The second-order valence-corrected chi connectivity index (χ2v) is 6.19. The lowest BCUT2D eigenvalue weighted by Crippen LogP contribution is -2.58. The standard InChI is InChI=1S/C19H34N2/c1-6-19(7-2,21(4)5)18(20-8-3)16-12-15-17-13-10-9-11-14-17/h9-11,13-14,18,20H,6-8,12,15-16H2,1-5H3. The lowest BCUT2D eigenvalue weighted by atomic mass is 9.80. The first-order chi connectivity index (χ1) is 10.1. The summed E-state index contributed by atoms with van der Waals surface area (Å²) in [5, 5.41) is 3.75. The van der Waals surface area contributed by atoms with E-state index in [0.29, 0.717) is 6.04 Å². The molecule has 0 heterocycles. The third-order valence-electron chi connectivity index (χ3n) is 5.02.